The van der Waals surface area contributed by atoms with E-state index in [0.717, 1.165) is 24.9 Å². The van der Waals surface area contributed by atoms with Gasteiger partial charge in [0, 0.05) is 17.5 Å². The summed E-state index contributed by atoms with van der Waals surface area (Å²) < 4.78 is 0. The predicted molar refractivity (Wildman–Crippen MR) is 100 cm³/mol. The van der Waals surface area contributed by atoms with Crippen molar-refractivity contribution in [2.24, 2.45) is 0 Å². The maximum Gasteiger partial charge on any atom is 0.234 e. The van der Waals surface area contributed by atoms with E-state index in [4.69, 9.17) is 0 Å². The number of carbonyl (C=O) groups excluding carboxylic acids is 1. The van der Waals surface area contributed by atoms with E-state index in [2.05, 4.69) is 66.7 Å². The molecule has 2 heterocycles. The largest absolute Gasteiger partial charge is 0.348 e. The summed E-state index contributed by atoms with van der Waals surface area (Å²) in [5.74, 6) is 0.104. The van der Waals surface area contributed by atoms with Crippen LogP contribution in [0.15, 0.2) is 35.7 Å². The second-order valence-electron chi connectivity index (χ2n) is 6.58. The van der Waals surface area contributed by atoms with Crippen LogP contribution in [-0.2, 0) is 17.6 Å². The molecule has 0 spiro atoms. The summed E-state index contributed by atoms with van der Waals surface area (Å²) in [5, 5.41) is 5.30. The van der Waals surface area contributed by atoms with Gasteiger partial charge in [-0.2, -0.15) is 0 Å². The van der Waals surface area contributed by atoms with Gasteiger partial charge in [-0.15, -0.1) is 11.3 Å². The summed E-state index contributed by atoms with van der Waals surface area (Å²) in [6, 6.07) is 11.1. The highest BCUT2D eigenvalue weighted by Gasteiger charge is 2.26. The number of hydrogen-bond donors (Lipinski definition) is 1. The zero-order valence-corrected chi connectivity index (χ0v) is 15.5. The van der Waals surface area contributed by atoms with E-state index in [1.807, 2.05) is 11.3 Å². The molecule has 1 amide bonds. The number of fused-ring (bicyclic) bond motifs is 1. The molecule has 0 aliphatic carbocycles. The molecule has 1 aliphatic rings. The normalized spacial score (nSPS) is 18.9. The summed E-state index contributed by atoms with van der Waals surface area (Å²) in [5.41, 5.74) is 3.88. The zero-order chi connectivity index (χ0) is 17.1. The smallest absolute Gasteiger partial charge is 0.234 e. The van der Waals surface area contributed by atoms with Gasteiger partial charge in [-0.3, -0.25) is 9.69 Å². The van der Waals surface area contributed by atoms with Gasteiger partial charge in [-0.25, -0.2) is 0 Å². The number of amides is 1. The summed E-state index contributed by atoms with van der Waals surface area (Å²) in [7, 11) is 0. The second-order valence-corrected chi connectivity index (χ2v) is 7.58. The van der Waals surface area contributed by atoms with Gasteiger partial charge in [0.15, 0.2) is 0 Å². The highest BCUT2D eigenvalue weighted by atomic mass is 32.1. The molecule has 0 saturated carbocycles. The minimum atomic E-state index is 0.0419. The first-order chi connectivity index (χ1) is 11.6. The van der Waals surface area contributed by atoms with Crippen LogP contribution < -0.4 is 5.32 Å². The summed E-state index contributed by atoms with van der Waals surface area (Å²) in [6.45, 7) is 7.83. The fraction of sp³-hybridized carbons (Fsp3) is 0.450. The third-order valence-corrected chi connectivity index (χ3v) is 6.01. The van der Waals surface area contributed by atoms with Crippen LogP contribution in [0.1, 0.15) is 54.4 Å². The van der Waals surface area contributed by atoms with Crippen LogP contribution in [-0.4, -0.2) is 23.9 Å². The van der Waals surface area contributed by atoms with Crippen LogP contribution >= 0.6 is 11.3 Å². The summed E-state index contributed by atoms with van der Waals surface area (Å²) in [4.78, 5) is 16.2. The third-order valence-electron chi connectivity index (χ3n) is 5.02. The van der Waals surface area contributed by atoms with Gasteiger partial charge in [0.05, 0.1) is 12.6 Å². The maximum absolute atomic E-state index is 12.5. The molecule has 0 bridgehead atoms. The molecule has 1 aliphatic heterocycles. The Morgan fingerprint density at radius 2 is 2.08 bits per heavy atom. The van der Waals surface area contributed by atoms with Crippen molar-refractivity contribution in [2.45, 2.75) is 45.7 Å². The van der Waals surface area contributed by atoms with E-state index in [9.17, 15) is 4.79 Å². The van der Waals surface area contributed by atoms with Crippen LogP contribution in [0, 0.1) is 0 Å². The number of carbonyl (C=O) groups is 1. The van der Waals surface area contributed by atoms with Crippen molar-refractivity contribution in [1.82, 2.24) is 10.2 Å². The van der Waals surface area contributed by atoms with E-state index in [-0.39, 0.29) is 11.9 Å². The lowest BCUT2D eigenvalue weighted by Crippen LogP contribution is -2.42. The topological polar surface area (TPSA) is 32.3 Å². The first-order valence-electron chi connectivity index (χ1n) is 8.77. The van der Waals surface area contributed by atoms with Crippen LogP contribution in [0.25, 0.3) is 0 Å². The Balaban J connectivity index is 1.57. The lowest BCUT2D eigenvalue weighted by Gasteiger charge is -2.33. The van der Waals surface area contributed by atoms with Crippen LogP contribution in [0.3, 0.4) is 0 Å². The fourth-order valence-electron chi connectivity index (χ4n) is 3.37. The third kappa shape index (κ3) is 3.70. The molecule has 4 heteroatoms. The average Bonchev–Trinajstić information content (AvgIpc) is 3.07. The molecule has 0 radical (unpaired) electrons. The molecule has 0 fully saturated rings. The van der Waals surface area contributed by atoms with Gasteiger partial charge in [0.2, 0.25) is 5.91 Å². The molecule has 3 nitrogen and oxygen atoms in total. The molecule has 0 unspecified atom stereocenters. The van der Waals surface area contributed by atoms with Gasteiger partial charge < -0.3 is 5.32 Å². The summed E-state index contributed by atoms with van der Waals surface area (Å²) >= 11 is 1.83. The first kappa shape index (κ1) is 17.2. The zero-order valence-electron chi connectivity index (χ0n) is 14.7. The Morgan fingerprint density at radius 1 is 1.33 bits per heavy atom. The number of nitrogens with one attached hydrogen (secondary N) is 1. The van der Waals surface area contributed by atoms with Gasteiger partial charge >= 0.3 is 0 Å². The van der Waals surface area contributed by atoms with Crippen molar-refractivity contribution >= 4 is 17.2 Å². The average molecular weight is 343 g/mol. The van der Waals surface area contributed by atoms with Crippen LogP contribution in [0.2, 0.25) is 0 Å². The Labute approximate surface area is 148 Å². The van der Waals surface area contributed by atoms with Gasteiger partial charge in [-0.1, -0.05) is 31.2 Å². The highest BCUT2D eigenvalue weighted by molar-refractivity contribution is 7.10. The Bertz CT molecular complexity index is 692. The lowest BCUT2D eigenvalue weighted by molar-refractivity contribution is -0.123. The number of rotatable bonds is 5. The van der Waals surface area contributed by atoms with E-state index >= 15 is 0 Å². The Hall–Kier alpha value is -1.65. The minimum Gasteiger partial charge on any atom is -0.348 e. The van der Waals surface area contributed by atoms with Gasteiger partial charge in [0.1, 0.15) is 0 Å². The molecule has 2 atom stereocenters. The molecule has 1 aromatic heterocycles. The molecule has 24 heavy (non-hydrogen) atoms. The standard InChI is InChI=1S/C20H26N2OS/c1-4-16-5-7-17(8-6-16)14(2)21-20(23)13-22-11-9-19-18(15(22)3)10-12-24-19/h5-8,10,12,14-15H,4,9,11,13H2,1-3H3,(H,21,23)/t14-,15+/m1/s1. The minimum absolute atomic E-state index is 0.0419. The molecule has 0 saturated heterocycles. The molecule has 1 aromatic carbocycles. The van der Waals surface area contributed by atoms with Gasteiger partial charge in [0.25, 0.3) is 0 Å². The molecule has 1 N–H and O–H groups in total. The van der Waals surface area contributed by atoms with Crippen LogP contribution in [0.4, 0.5) is 0 Å². The number of benzene rings is 1. The fourth-order valence-corrected chi connectivity index (χ4v) is 4.34. The number of nitrogens with zero attached hydrogens (tertiary/aromatic N) is 1. The lowest BCUT2D eigenvalue weighted by atomic mass is 10.0. The van der Waals surface area contributed by atoms with Gasteiger partial charge in [-0.05, 0) is 54.8 Å². The van der Waals surface area contributed by atoms with Crippen LogP contribution in [0.5, 0.6) is 0 Å². The SMILES string of the molecule is CCc1ccc([C@@H](C)NC(=O)CN2CCc3sccc3[C@@H]2C)cc1. The number of aryl methyl sites for hydroxylation is 1. The molecule has 2 aromatic rings. The van der Waals surface area contributed by atoms with E-state index in [1.54, 1.807) is 0 Å². The molecular formula is C20H26N2OS. The Kier molecular flexibility index (Phi) is 5.36. The molecule has 128 valence electrons. The second kappa shape index (κ2) is 7.49. The van der Waals surface area contributed by atoms with Crippen molar-refractivity contribution in [1.29, 1.82) is 0 Å². The predicted octanol–water partition coefficient (Wildman–Crippen LogP) is 4.11. The summed E-state index contributed by atoms with van der Waals surface area (Å²) in [6.07, 6.45) is 2.09. The Morgan fingerprint density at radius 3 is 2.79 bits per heavy atom. The highest BCUT2D eigenvalue weighted by Crippen LogP contribution is 2.32. The quantitative estimate of drug-likeness (QED) is 0.887. The van der Waals surface area contributed by atoms with Crippen molar-refractivity contribution < 1.29 is 4.79 Å². The molecular weight excluding hydrogens is 316 g/mol. The van der Waals surface area contributed by atoms with Crippen molar-refractivity contribution in [3.05, 3.63) is 57.3 Å². The maximum atomic E-state index is 12.5. The van der Waals surface area contributed by atoms with E-state index < -0.39 is 0 Å². The monoisotopic (exact) mass is 342 g/mol. The van der Waals surface area contributed by atoms with Crippen molar-refractivity contribution in [2.75, 3.05) is 13.1 Å². The van der Waals surface area contributed by atoms with Crippen molar-refractivity contribution in [3.8, 4) is 0 Å². The first-order valence-corrected chi connectivity index (χ1v) is 9.65. The van der Waals surface area contributed by atoms with E-state index in [0.29, 0.717) is 12.6 Å². The molecule has 3 rings (SSSR count). The number of thiophene rings is 1. The van der Waals surface area contributed by atoms with E-state index in [1.165, 1.54) is 16.0 Å². The van der Waals surface area contributed by atoms with Crippen molar-refractivity contribution in [3.63, 3.8) is 0 Å². The number of hydrogen-bond acceptors (Lipinski definition) is 3.